The number of fused-ring (bicyclic) bond motifs is 1. The number of aromatic nitrogens is 2. The van der Waals surface area contributed by atoms with Crippen LogP contribution < -0.4 is 0 Å². The first kappa shape index (κ1) is 14.8. The third-order valence-corrected chi connectivity index (χ3v) is 3.29. The summed E-state index contributed by atoms with van der Waals surface area (Å²) >= 11 is 0. The van der Waals surface area contributed by atoms with Gasteiger partial charge in [-0.1, -0.05) is 0 Å². The van der Waals surface area contributed by atoms with Crippen LogP contribution in [0.2, 0.25) is 0 Å². The molecule has 1 aromatic heterocycles. The van der Waals surface area contributed by atoms with Crippen LogP contribution in [0.1, 0.15) is 62.3 Å². The van der Waals surface area contributed by atoms with E-state index in [1.807, 2.05) is 20.8 Å². The Hall–Kier alpha value is -1.65. The fourth-order valence-corrected chi connectivity index (χ4v) is 2.58. The minimum absolute atomic E-state index is 0.0360. The first-order chi connectivity index (χ1) is 9.28. The number of hydrogen-bond acceptors (Lipinski definition) is 4. The zero-order valence-corrected chi connectivity index (χ0v) is 12.7. The van der Waals surface area contributed by atoms with Gasteiger partial charge in [-0.15, -0.1) is 0 Å². The van der Waals surface area contributed by atoms with Gasteiger partial charge in [-0.05, 0) is 46.5 Å². The lowest BCUT2D eigenvalue weighted by Crippen LogP contribution is -2.27. The fourth-order valence-electron chi connectivity index (χ4n) is 2.58. The predicted molar refractivity (Wildman–Crippen MR) is 74.7 cm³/mol. The van der Waals surface area contributed by atoms with E-state index < -0.39 is 5.60 Å². The van der Waals surface area contributed by atoms with Gasteiger partial charge < -0.3 is 4.74 Å². The largest absolute Gasteiger partial charge is 0.459 e. The van der Waals surface area contributed by atoms with E-state index in [9.17, 15) is 9.59 Å². The normalized spacial score (nSPS) is 14.8. The Bertz CT molecular complexity index is 538. The average Bonchev–Trinajstić information content (AvgIpc) is 2.66. The van der Waals surface area contributed by atoms with Crippen molar-refractivity contribution in [1.29, 1.82) is 0 Å². The van der Waals surface area contributed by atoms with E-state index in [4.69, 9.17) is 4.74 Å². The highest BCUT2D eigenvalue weighted by Gasteiger charge is 2.25. The number of ketones is 1. The number of carbonyl (C=O) groups is 2. The van der Waals surface area contributed by atoms with Crippen LogP contribution >= 0.6 is 0 Å². The van der Waals surface area contributed by atoms with E-state index in [0.717, 1.165) is 36.9 Å². The lowest BCUT2D eigenvalue weighted by molar-refractivity contribution is -0.155. The molecule has 0 spiro atoms. The molecular weight excluding hydrogens is 256 g/mol. The van der Waals surface area contributed by atoms with Crippen molar-refractivity contribution in [3.63, 3.8) is 0 Å². The van der Waals surface area contributed by atoms with Crippen molar-refractivity contribution in [3.05, 3.63) is 17.0 Å². The van der Waals surface area contributed by atoms with Crippen LogP contribution in [0, 0.1) is 0 Å². The van der Waals surface area contributed by atoms with E-state index in [0.29, 0.717) is 5.69 Å². The van der Waals surface area contributed by atoms with Crippen LogP contribution in [0.25, 0.3) is 0 Å². The Morgan fingerprint density at radius 1 is 1.25 bits per heavy atom. The van der Waals surface area contributed by atoms with Gasteiger partial charge in [-0.25, -0.2) is 0 Å². The number of rotatable bonds is 3. The van der Waals surface area contributed by atoms with Crippen LogP contribution in [-0.2, 0) is 28.9 Å². The maximum atomic E-state index is 11.9. The van der Waals surface area contributed by atoms with E-state index >= 15 is 0 Å². The highest BCUT2D eigenvalue weighted by molar-refractivity contribution is 5.94. The molecule has 0 bridgehead atoms. The number of ether oxygens (including phenoxy) is 1. The second kappa shape index (κ2) is 5.38. The van der Waals surface area contributed by atoms with Gasteiger partial charge >= 0.3 is 5.97 Å². The molecule has 110 valence electrons. The van der Waals surface area contributed by atoms with Crippen molar-refractivity contribution < 1.29 is 14.3 Å². The SMILES string of the molecule is CC(=O)c1nn(CC(=O)OC(C)(C)C)c2c1CCCC2. The van der Waals surface area contributed by atoms with Gasteiger partial charge in [-0.3, -0.25) is 14.3 Å². The van der Waals surface area contributed by atoms with E-state index in [1.54, 1.807) is 4.68 Å². The van der Waals surface area contributed by atoms with Gasteiger partial charge in [0.15, 0.2) is 5.78 Å². The number of Topliss-reactive ketones (excluding diaryl/α,β-unsaturated/α-hetero) is 1. The van der Waals surface area contributed by atoms with Gasteiger partial charge in [-0.2, -0.15) is 5.10 Å². The Balaban J connectivity index is 2.24. The van der Waals surface area contributed by atoms with E-state index in [1.165, 1.54) is 6.92 Å². The maximum absolute atomic E-state index is 11.9. The minimum atomic E-state index is -0.506. The Morgan fingerprint density at radius 3 is 2.50 bits per heavy atom. The molecule has 1 aliphatic rings. The predicted octanol–water partition coefficient (Wildman–Crippen LogP) is 2.31. The van der Waals surface area contributed by atoms with Crippen LogP contribution in [-0.4, -0.2) is 27.1 Å². The zero-order valence-electron chi connectivity index (χ0n) is 12.7. The van der Waals surface area contributed by atoms with E-state index in [2.05, 4.69) is 5.10 Å². The third-order valence-electron chi connectivity index (χ3n) is 3.29. The summed E-state index contributed by atoms with van der Waals surface area (Å²) in [7, 11) is 0. The summed E-state index contributed by atoms with van der Waals surface area (Å²) in [4.78, 5) is 23.6. The van der Waals surface area contributed by atoms with Gasteiger partial charge in [0.05, 0.1) is 0 Å². The zero-order chi connectivity index (χ0) is 14.9. The maximum Gasteiger partial charge on any atom is 0.328 e. The van der Waals surface area contributed by atoms with Gasteiger partial charge in [0.1, 0.15) is 17.8 Å². The number of hydrogen-bond donors (Lipinski definition) is 0. The molecule has 0 saturated carbocycles. The molecule has 0 aromatic carbocycles. The van der Waals surface area contributed by atoms with Crippen LogP contribution in [0.5, 0.6) is 0 Å². The van der Waals surface area contributed by atoms with Crippen molar-refractivity contribution >= 4 is 11.8 Å². The Morgan fingerprint density at radius 2 is 1.90 bits per heavy atom. The van der Waals surface area contributed by atoms with Crippen molar-refractivity contribution in [3.8, 4) is 0 Å². The molecule has 0 unspecified atom stereocenters. The lowest BCUT2D eigenvalue weighted by atomic mass is 9.95. The summed E-state index contributed by atoms with van der Waals surface area (Å²) in [5.74, 6) is -0.352. The molecule has 0 N–H and O–H groups in total. The second-order valence-electron chi connectivity index (χ2n) is 6.28. The standard InChI is InChI=1S/C15H22N2O3/c1-10(18)14-11-7-5-6-8-12(11)17(16-14)9-13(19)20-15(2,3)4/h5-9H2,1-4H3. The number of nitrogens with zero attached hydrogens (tertiary/aromatic N) is 2. The van der Waals surface area contributed by atoms with E-state index in [-0.39, 0.29) is 18.3 Å². The summed E-state index contributed by atoms with van der Waals surface area (Å²) in [6, 6.07) is 0. The second-order valence-corrected chi connectivity index (χ2v) is 6.28. The summed E-state index contributed by atoms with van der Waals surface area (Å²) < 4.78 is 6.97. The van der Waals surface area contributed by atoms with Crippen molar-refractivity contribution in [2.75, 3.05) is 0 Å². The van der Waals surface area contributed by atoms with Crippen molar-refractivity contribution in [2.24, 2.45) is 0 Å². The number of esters is 1. The monoisotopic (exact) mass is 278 g/mol. The van der Waals surface area contributed by atoms with Crippen LogP contribution in [0.15, 0.2) is 0 Å². The Labute approximate surface area is 119 Å². The average molecular weight is 278 g/mol. The van der Waals surface area contributed by atoms with Crippen LogP contribution in [0.3, 0.4) is 0 Å². The molecule has 20 heavy (non-hydrogen) atoms. The molecule has 0 amide bonds. The Kier molecular flexibility index (Phi) is 3.97. The molecule has 2 rings (SSSR count). The third kappa shape index (κ3) is 3.26. The molecule has 5 heteroatoms. The highest BCUT2D eigenvalue weighted by Crippen LogP contribution is 2.25. The molecule has 0 atom stereocenters. The van der Waals surface area contributed by atoms with Crippen molar-refractivity contribution in [1.82, 2.24) is 9.78 Å². The molecule has 0 fully saturated rings. The smallest absolute Gasteiger partial charge is 0.328 e. The molecule has 0 aliphatic heterocycles. The summed E-state index contributed by atoms with van der Waals surface area (Å²) in [6.07, 6.45) is 3.90. The minimum Gasteiger partial charge on any atom is -0.459 e. The molecular formula is C15H22N2O3. The molecule has 1 aromatic rings. The van der Waals surface area contributed by atoms with Crippen LogP contribution in [0.4, 0.5) is 0 Å². The molecule has 0 radical (unpaired) electrons. The highest BCUT2D eigenvalue weighted by atomic mass is 16.6. The fraction of sp³-hybridized carbons (Fsp3) is 0.667. The molecule has 1 heterocycles. The van der Waals surface area contributed by atoms with Gasteiger partial charge in [0, 0.05) is 18.2 Å². The quantitative estimate of drug-likeness (QED) is 0.629. The molecule has 1 aliphatic carbocycles. The van der Waals surface area contributed by atoms with Crippen molar-refractivity contribution in [2.45, 2.75) is 65.5 Å². The van der Waals surface area contributed by atoms with Gasteiger partial charge in [0.25, 0.3) is 0 Å². The molecule has 5 nitrogen and oxygen atoms in total. The van der Waals surface area contributed by atoms with Gasteiger partial charge in [0.2, 0.25) is 0 Å². The first-order valence-electron chi connectivity index (χ1n) is 7.09. The first-order valence-corrected chi connectivity index (χ1v) is 7.09. The summed E-state index contributed by atoms with van der Waals surface area (Å²) in [5.41, 5.74) is 2.05. The lowest BCUT2D eigenvalue weighted by Gasteiger charge is -2.20. The molecule has 0 saturated heterocycles. The topological polar surface area (TPSA) is 61.2 Å². The number of carbonyl (C=O) groups excluding carboxylic acids is 2. The summed E-state index contributed by atoms with van der Waals surface area (Å²) in [6.45, 7) is 7.11. The summed E-state index contributed by atoms with van der Waals surface area (Å²) in [5, 5.41) is 4.33.